The number of nitrogens with two attached hydrogens (primary N) is 1. The molecule has 94 valence electrons. The number of hydrogen-bond acceptors (Lipinski definition) is 3. The number of rotatable bonds is 4. The number of benzene rings is 1. The second-order valence-corrected chi connectivity index (χ2v) is 4.31. The van der Waals surface area contributed by atoms with Gasteiger partial charge in [0.25, 0.3) is 0 Å². The number of hydrogen-bond donors (Lipinski definition) is 1. The zero-order chi connectivity index (χ0) is 13.0. The van der Waals surface area contributed by atoms with Crippen LogP contribution in [0.15, 0.2) is 42.6 Å². The van der Waals surface area contributed by atoms with E-state index >= 15 is 0 Å². The van der Waals surface area contributed by atoms with Crippen LogP contribution in [0.4, 0.5) is 11.5 Å². The maximum absolute atomic E-state index is 5.59. The van der Waals surface area contributed by atoms with E-state index in [4.69, 9.17) is 5.73 Å². The van der Waals surface area contributed by atoms with Crippen molar-refractivity contribution in [2.45, 2.75) is 20.4 Å². The second kappa shape index (κ2) is 5.65. The molecule has 0 aliphatic heterocycles. The summed E-state index contributed by atoms with van der Waals surface area (Å²) < 4.78 is 0. The fourth-order valence-corrected chi connectivity index (χ4v) is 1.97. The van der Waals surface area contributed by atoms with Gasteiger partial charge in [0.15, 0.2) is 0 Å². The van der Waals surface area contributed by atoms with E-state index in [0.717, 1.165) is 17.9 Å². The Kier molecular flexibility index (Phi) is 3.95. The van der Waals surface area contributed by atoms with Crippen molar-refractivity contribution in [3.63, 3.8) is 0 Å². The summed E-state index contributed by atoms with van der Waals surface area (Å²) in [5, 5.41) is 0. The molecule has 0 saturated heterocycles. The minimum absolute atomic E-state index is 0.532. The van der Waals surface area contributed by atoms with Gasteiger partial charge in [-0.05, 0) is 43.2 Å². The predicted octanol–water partition coefficient (Wildman–Crippen LogP) is 3.01. The van der Waals surface area contributed by atoms with Crippen molar-refractivity contribution in [3.05, 3.63) is 53.7 Å². The lowest BCUT2D eigenvalue weighted by Gasteiger charge is -2.22. The lowest BCUT2D eigenvalue weighted by molar-refractivity contribution is 0.973. The molecule has 3 nitrogen and oxygen atoms in total. The van der Waals surface area contributed by atoms with Gasteiger partial charge in [-0.15, -0.1) is 0 Å². The molecule has 0 fully saturated rings. The van der Waals surface area contributed by atoms with Gasteiger partial charge in [0.2, 0.25) is 0 Å². The summed E-state index contributed by atoms with van der Waals surface area (Å²) in [6, 6.07) is 12.5. The van der Waals surface area contributed by atoms with Crippen molar-refractivity contribution in [1.29, 1.82) is 0 Å². The smallest absolute Gasteiger partial charge is 0.132 e. The summed E-state index contributed by atoms with van der Waals surface area (Å²) in [7, 11) is 0. The minimum atomic E-state index is 0.532. The average molecular weight is 241 g/mol. The van der Waals surface area contributed by atoms with Crippen LogP contribution in [0.25, 0.3) is 0 Å². The van der Waals surface area contributed by atoms with Gasteiger partial charge < -0.3 is 10.6 Å². The maximum Gasteiger partial charge on any atom is 0.132 e. The van der Waals surface area contributed by atoms with Crippen LogP contribution in [0.1, 0.15) is 18.1 Å². The highest BCUT2D eigenvalue weighted by molar-refractivity contribution is 5.60. The van der Waals surface area contributed by atoms with Crippen molar-refractivity contribution >= 4 is 11.5 Å². The Bertz CT molecular complexity index is 505. The summed E-state index contributed by atoms with van der Waals surface area (Å²) in [5.74, 6) is 0.959. The first kappa shape index (κ1) is 12.6. The van der Waals surface area contributed by atoms with Crippen LogP contribution in [-0.2, 0) is 6.54 Å². The monoisotopic (exact) mass is 241 g/mol. The topological polar surface area (TPSA) is 42.1 Å². The van der Waals surface area contributed by atoms with Gasteiger partial charge in [-0.3, -0.25) is 0 Å². The van der Waals surface area contributed by atoms with Gasteiger partial charge in [-0.1, -0.05) is 18.2 Å². The third kappa shape index (κ3) is 2.68. The van der Waals surface area contributed by atoms with E-state index in [1.165, 1.54) is 11.3 Å². The fraction of sp³-hybridized carbons (Fsp3) is 0.267. The normalized spacial score (nSPS) is 10.4. The fourth-order valence-electron chi connectivity index (χ4n) is 1.97. The quantitative estimate of drug-likeness (QED) is 0.894. The molecular weight excluding hydrogens is 222 g/mol. The molecule has 0 aliphatic rings. The third-order valence-electron chi connectivity index (χ3n) is 2.95. The van der Waals surface area contributed by atoms with E-state index in [0.29, 0.717) is 6.54 Å². The first-order chi connectivity index (χ1) is 8.74. The van der Waals surface area contributed by atoms with E-state index in [2.05, 4.69) is 48.0 Å². The van der Waals surface area contributed by atoms with Gasteiger partial charge in [-0.25, -0.2) is 4.98 Å². The minimum Gasteiger partial charge on any atom is -0.327 e. The summed E-state index contributed by atoms with van der Waals surface area (Å²) in [6.07, 6.45) is 1.84. The number of nitrogens with zero attached hydrogens (tertiary/aromatic N) is 2. The van der Waals surface area contributed by atoms with Crippen molar-refractivity contribution < 1.29 is 0 Å². The van der Waals surface area contributed by atoms with E-state index in [-0.39, 0.29) is 0 Å². The van der Waals surface area contributed by atoms with Crippen LogP contribution in [-0.4, -0.2) is 11.5 Å². The molecule has 1 heterocycles. The van der Waals surface area contributed by atoms with Crippen LogP contribution >= 0.6 is 0 Å². The Morgan fingerprint density at radius 2 is 2.06 bits per heavy atom. The van der Waals surface area contributed by atoms with Crippen LogP contribution in [0.3, 0.4) is 0 Å². The molecule has 2 rings (SSSR count). The van der Waals surface area contributed by atoms with Gasteiger partial charge >= 0.3 is 0 Å². The van der Waals surface area contributed by atoms with Crippen LogP contribution in [0.2, 0.25) is 0 Å². The van der Waals surface area contributed by atoms with E-state index in [1.807, 2.05) is 18.3 Å². The molecule has 0 amide bonds. The summed E-state index contributed by atoms with van der Waals surface area (Å²) >= 11 is 0. The Balaban J connectivity index is 2.32. The highest BCUT2D eigenvalue weighted by atomic mass is 15.2. The Morgan fingerprint density at radius 3 is 2.61 bits per heavy atom. The molecule has 18 heavy (non-hydrogen) atoms. The van der Waals surface area contributed by atoms with Crippen LogP contribution in [0, 0.1) is 6.92 Å². The van der Waals surface area contributed by atoms with E-state index < -0.39 is 0 Å². The molecule has 0 spiro atoms. The first-order valence-electron chi connectivity index (χ1n) is 6.23. The highest BCUT2D eigenvalue weighted by Gasteiger charge is 2.08. The lowest BCUT2D eigenvalue weighted by atomic mass is 10.2. The Labute approximate surface area is 108 Å². The molecule has 3 heteroatoms. The number of aryl methyl sites for hydroxylation is 1. The molecule has 1 aromatic carbocycles. The predicted molar refractivity (Wildman–Crippen MR) is 76.0 cm³/mol. The number of aromatic nitrogens is 1. The molecule has 0 saturated carbocycles. The molecule has 0 atom stereocenters. The SMILES string of the molecule is CCN(c1cccc(C)c1)c1ccc(CN)cn1. The first-order valence-corrected chi connectivity index (χ1v) is 6.23. The zero-order valence-electron chi connectivity index (χ0n) is 10.9. The van der Waals surface area contributed by atoms with E-state index in [9.17, 15) is 0 Å². The summed E-state index contributed by atoms with van der Waals surface area (Å²) in [5.41, 5.74) is 9.07. The van der Waals surface area contributed by atoms with Gasteiger partial charge in [0.1, 0.15) is 5.82 Å². The number of pyridine rings is 1. The van der Waals surface area contributed by atoms with Gasteiger partial charge in [-0.2, -0.15) is 0 Å². The van der Waals surface area contributed by atoms with Crippen molar-refractivity contribution in [2.75, 3.05) is 11.4 Å². The Hall–Kier alpha value is -1.87. The molecule has 1 aromatic heterocycles. The molecule has 0 bridgehead atoms. The second-order valence-electron chi connectivity index (χ2n) is 4.31. The average Bonchev–Trinajstić information content (AvgIpc) is 2.40. The third-order valence-corrected chi connectivity index (χ3v) is 2.95. The molecule has 0 unspecified atom stereocenters. The molecule has 0 radical (unpaired) electrons. The molecule has 2 aromatic rings. The largest absolute Gasteiger partial charge is 0.327 e. The van der Waals surface area contributed by atoms with Gasteiger partial charge in [0, 0.05) is 25.0 Å². The van der Waals surface area contributed by atoms with Crippen LogP contribution < -0.4 is 10.6 Å². The molecule has 2 N–H and O–H groups in total. The van der Waals surface area contributed by atoms with Crippen molar-refractivity contribution in [3.8, 4) is 0 Å². The van der Waals surface area contributed by atoms with E-state index in [1.54, 1.807) is 0 Å². The molecular formula is C15H19N3. The van der Waals surface area contributed by atoms with Gasteiger partial charge in [0.05, 0.1) is 0 Å². The molecule has 0 aliphatic carbocycles. The standard InChI is InChI=1S/C15H19N3/c1-3-18(14-6-4-5-12(2)9-14)15-8-7-13(10-16)11-17-15/h4-9,11H,3,10,16H2,1-2H3. The van der Waals surface area contributed by atoms with Crippen molar-refractivity contribution in [2.24, 2.45) is 5.73 Å². The highest BCUT2D eigenvalue weighted by Crippen LogP contribution is 2.23. The Morgan fingerprint density at radius 1 is 1.22 bits per heavy atom. The summed E-state index contributed by atoms with van der Waals surface area (Å²) in [4.78, 5) is 6.66. The van der Waals surface area contributed by atoms with Crippen LogP contribution in [0.5, 0.6) is 0 Å². The number of anilines is 2. The van der Waals surface area contributed by atoms with Crippen molar-refractivity contribution in [1.82, 2.24) is 4.98 Å². The lowest BCUT2D eigenvalue weighted by Crippen LogP contribution is -2.17. The summed E-state index contributed by atoms with van der Waals surface area (Å²) in [6.45, 7) is 5.64. The zero-order valence-corrected chi connectivity index (χ0v) is 10.9. The maximum atomic E-state index is 5.59.